The van der Waals surface area contributed by atoms with Gasteiger partial charge in [-0.2, -0.15) is 0 Å². The monoisotopic (exact) mass is 285 g/mol. The van der Waals surface area contributed by atoms with Crippen LogP contribution in [0, 0.1) is 0 Å². The van der Waals surface area contributed by atoms with Crippen molar-refractivity contribution in [3.05, 3.63) is 36.7 Å². The van der Waals surface area contributed by atoms with Crippen LogP contribution in [0.15, 0.2) is 36.7 Å². The lowest BCUT2D eigenvalue weighted by Gasteiger charge is -2.09. The van der Waals surface area contributed by atoms with Crippen molar-refractivity contribution in [2.75, 3.05) is 22.5 Å². The smallest absolute Gasteiger partial charge is 0.221 e. The molecule has 0 saturated heterocycles. The van der Waals surface area contributed by atoms with E-state index in [-0.39, 0.29) is 5.91 Å². The Kier molecular flexibility index (Phi) is 5.09. The van der Waals surface area contributed by atoms with Gasteiger partial charge >= 0.3 is 0 Å². The first-order chi connectivity index (χ1) is 10.2. The number of nitrogens with one attached hydrogen (secondary N) is 3. The minimum Gasteiger partial charge on any atom is -0.370 e. The van der Waals surface area contributed by atoms with Crippen LogP contribution in [0.4, 0.5) is 23.0 Å². The summed E-state index contributed by atoms with van der Waals surface area (Å²) in [7, 11) is 0. The molecule has 0 atom stereocenters. The topological polar surface area (TPSA) is 78.9 Å². The summed E-state index contributed by atoms with van der Waals surface area (Å²) in [6.45, 7) is 4.46. The van der Waals surface area contributed by atoms with Crippen LogP contribution in [0.3, 0.4) is 0 Å². The van der Waals surface area contributed by atoms with Crippen molar-refractivity contribution in [1.82, 2.24) is 9.97 Å². The summed E-state index contributed by atoms with van der Waals surface area (Å²) in [5, 5.41) is 9.14. The van der Waals surface area contributed by atoms with E-state index < -0.39 is 0 Å². The highest BCUT2D eigenvalue weighted by Gasteiger charge is 2.00. The lowest BCUT2D eigenvalue weighted by Crippen LogP contribution is -2.05. The molecule has 1 amide bonds. The van der Waals surface area contributed by atoms with Gasteiger partial charge in [0.1, 0.15) is 18.0 Å². The maximum Gasteiger partial charge on any atom is 0.221 e. The summed E-state index contributed by atoms with van der Waals surface area (Å²) < 4.78 is 0. The minimum atomic E-state index is -0.0850. The van der Waals surface area contributed by atoms with E-state index >= 15 is 0 Å². The van der Waals surface area contributed by atoms with Crippen LogP contribution >= 0.6 is 0 Å². The molecule has 6 nitrogen and oxygen atoms in total. The van der Waals surface area contributed by atoms with E-state index in [4.69, 9.17) is 0 Å². The van der Waals surface area contributed by atoms with Crippen LogP contribution in [0.5, 0.6) is 0 Å². The van der Waals surface area contributed by atoms with Crippen LogP contribution < -0.4 is 16.0 Å². The summed E-state index contributed by atoms with van der Waals surface area (Å²) in [6, 6.07) is 9.29. The van der Waals surface area contributed by atoms with Gasteiger partial charge in [-0.15, -0.1) is 0 Å². The third kappa shape index (κ3) is 4.76. The molecule has 2 aromatic rings. The first-order valence-electron chi connectivity index (χ1n) is 6.88. The lowest BCUT2D eigenvalue weighted by molar-refractivity contribution is -0.114. The average molecular weight is 285 g/mol. The number of rotatable bonds is 6. The molecule has 0 bridgehead atoms. The summed E-state index contributed by atoms with van der Waals surface area (Å²) in [5.41, 5.74) is 1.66. The lowest BCUT2D eigenvalue weighted by atomic mass is 10.2. The zero-order valence-electron chi connectivity index (χ0n) is 12.2. The van der Waals surface area contributed by atoms with Crippen LogP contribution in [0.2, 0.25) is 0 Å². The highest BCUT2D eigenvalue weighted by atomic mass is 16.1. The summed E-state index contributed by atoms with van der Waals surface area (Å²) >= 11 is 0. The Morgan fingerprint density at radius 1 is 1.10 bits per heavy atom. The standard InChI is InChI=1S/C15H19N5O/c1-3-8-16-14-9-15(18-10-17-14)20-13-6-4-12(5-7-13)19-11(2)21/h4-7,9-10H,3,8H2,1-2H3,(H,19,21)(H2,16,17,18,20). The molecule has 0 radical (unpaired) electrons. The molecule has 1 aromatic carbocycles. The zero-order valence-corrected chi connectivity index (χ0v) is 12.2. The van der Waals surface area contributed by atoms with Crippen LogP contribution in [-0.4, -0.2) is 22.4 Å². The van der Waals surface area contributed by atoms with Gasteiger partial charge in [-0.05, 0) is 30.7 Å². The second kappa shape index (κ2) is 7.23. The second-order valence-corrected chi connectivity index (χ2v) is 4.60. The third-order valence-corrected chi connectivity index (χ3v) is 2.70. The van der Waals surface area contributed by atoms with Crippen molar-refractivity contribution in [2.24, 2.45) is 0 Å². The molecule has 0 aliphatic heterocycles. The number of carbonyl (C=O) groups is 1. The molecule has 110 valence electrons. The Morgan fingerprint density at radius 3 is 2.43 bits per heavy atom. The Hall–Kier alpha value is -2.63. The molecule has 0 aliphatic carbocycles. The zero-order chi connectivity index (χ0) is 15.1. The number of carbonyl (C=O) groups excluding carboxylic acids is 1. The van der Waals surface area contributed by atoms with Gasteiger partial charge in [0.05, 0.1) is 0 Å². The fourth-order valence-corrected chi connectivity index (χ4v) is 1.76. The molecule has 2 rings (SSSR count). The molecule has 0 aliphatic rings. The fraction of sp³-hybridized carbons (Fsp3) is 0.267. The van der Waals surface area contributed by atoms with E-state index in [1.165, 1.54) is 13.3 Å². The number of benzene rings is 1. The number of anilines is 4. The van der Waals surface area contributed by atoms with E-state index in [0.29, 0.717) is 0 Å². The van der Waals surface area contributed by atoms with Gasteiger partial charge in [-0.3, -0.25) is 4.79 Å². The van der Waals surface area contributed by atoms with Gasteiger partial charge in [0, 0.05) is 30.9 Å². The largest absolute Gasteiger partial charge is 0.370 e. The van der Waals surface area contributed by atoms with Crippen molar-refractivity contribution < 1.29 is 4.79 Å². The molecule has 3 N–H and O–H groups in total. The first-order valence-corrected chi connectivity index (χ1v) is 6.88. The van der Waals surface area contributed by atoms with Crippen molar-refractivity contribution in [3.63, 3.8) is 0 Å². The van der Waals surface area contributed by atoms with Crippen molar-refractivity contribution >= 4 is 28.9 Å². The second-order valence-electron chi connectivity index (χ2n) is 4.60. The van der Waals surface area contributed by atoms with Gasteiger partial charge in [-0.1, -0.05) is 6.92 Å². The van der Waals surface area contributed by atoms with E-state index in [2.05, 4.69) is 32.8 Å². The number of aromatic nitrogens is 2. The molecular weight excluding hydrogens is 266 g/mol. The van der Waals surface area contributed by atoms with E-state index in [1.807, 2.05) is 30.3 Å². The van der Waals surface area contributed by atoms with Crippen LogP contribution in [0.25, 0.3) is 0 Å². The number of nitrogens with zero attached hydrogens (tertiary/aromatic N) is 2. The van der Waals surface area contributed by atoms with Crippen molar-refractivity contribution in [1.29, 1.82) is 0 Å². The normalized spacial score (nSPS) is 10.0. The van der Waals surface area contributed by atoms with E-state index in [9.17, 15) is 4.79 Å². The number of amides is 1. The predicted molar refractivity (Wildman–Crippen MR) is 84.8 cm³/mol. The fourth-order valence-electron chi connectivity index (χ4n) is 1.76. The highest BCUT2D eigenvalue weighted by Crippen LogP contribution is 2.18. The van der Waals surface area contributed by atoms with Crippen molar-refractivity contribution in [3.8, 4) is 0 Å². The molecular formula is C15H19N5O. The maximum atomic E-state index is 11.0. The number of hydrogen-bond donors (Lipinski definition) is 3. The molecule has 1 aromatic heterocycles. The Morgan fingerprint density at radius 2 is 1.76 bits per heavy atom. The first kappa shape index (κ1) is 14.8. The molecule has 0 fully saturated rings. The Labute approximate surface area is 124 Å². The molecule has 0 unspecified atom stereocenters. The molecule has 0 saturated carbocycles. The third-order valence-electron chi connectivity index (χ3n) is 2.70. The number of hydrogen-bond acceptors (Lipinski definition) is 5. The van der Waals surface area contributed by atoms with Crippen LogP contribution in [-0.2, 0) is 4.79 Å². The average Bonchev–Trinajstić information content (AvgIpc) is 2.47. The van der Waals surface area contributed by atoms with Gasteiger partial charge in [0.25, 0.3) is 0 Å². The van der Waals surface area contributed by atoms with E-state index in [1.54, 1.807) is 0 Å². The molecule has 0 spiro atoms. The Balaban J connectivity index is 2.02. The van der Waals surface area contributed by atoms with Gasteiger partial charge < -0.3 is 16.0 Å². The van der Waals surface area contributed by atoms with Gasteiger partial charge in [-0.25, -0.2) is 9.97 Å². The SMILES string of the molecule is CCCNc1cc(Nc2ccc(NC(C)=O)cc2)ncn1. The van der Waals surface area contributed by atoms with Gasteiger partial charge in [0.15, 0.2) is 0 Å². The molecule has 1 heterocycles. The highest BCUT2D eigenvalue weighted by molar-refractivity contribution is 5.88. The Bertz CT molecular complexity index is 597. The summed E-state index contributed by atoms with van der Waals surface area (Å²) in [5.74, 6) is 1.43. The quantitative estimate of drug-likeness (QED) is 0.760. The predicted octanol–water partition coefficient (Wildman–Crippen LogP) is 3.00. The molecule has 21 heavy (non-hydrogen) atoms. The minimum absolute atomic E-state index is 0.0850. The van der Waals surface area contributed by atoms with Crippen molar-refractivity contribution in [2.45, 2.75) is 20.3 Å². The van der Waals surface area contributed by atoms with Gasteiger partial charge in [0.2, 0.25) is 5.91 Å². The molecule has 6 heteroatoms. The van der Waals surface area contributed by atoms with Crippen LogP contribution in [0.1, 0.15) is 20.3 Å². The maximum absolute atomic E-state index is 11.0. The summed E-state index contributed by atoms with van der Waals surface area (Å²) in [6.07, 6.45) is 2.56. The van der Waals surface area contributed by atoms with E-state index in [0.717, 1.165) is 36.0 Å². The summed E-state index contributed by atoms with van der Waals surface area (Å²) in [4.78, 5) is 19.3.